The van der Waals surface area contributed by atoms with Crippen molar-refractivity contribution in [3.05, 3.63) is 0 Å². The van der Waals surface area contributed by atoms with E-state index in [1.165, 1.54) is 70.6 Å². The molecule has 0 nitrogen and oxygen atoms in total. The van der Waals surface area contributed by atoms with Crippen molar-refractivity contribution in [2.24, 2.45) is 17.8 Å². The first-order valence-corrected chi connectivity index (χ1v) is 8.43. The third-order valence-electron chi connectivity index (χ3n) is 4.91. The molecule has 1 unspecified atom stereocenters. The van der Waals surface area contributed by atoms with E-state index in [2.05, 4.69) is 0 Å². The highest BCUT2D eigenvalue weighted by atomic mass is 35.5. The summed E-state index contributed by atoms with van der Waals surface area (Å²) in [6.07, 6.45) is 15.4. The quantitative estimate of drug-likeness (QED) is 0.556. The Balaban J connectivity index is 1.86. The van der Waals surface area contributed by atoms with E-state index < -0.39 is 0 Å². The first-order valence-electron chi connectivity index (χ1n) is 7.55. The molecule has 0 aromatic rings. The zero-order valence-corrected chi connectivity index (χ0v) is 12.4. The average molecular weight is 277 g/mol. The summed E-state index contributed by atoms with van der Waals surface area (Å²) in [6, 6.07) is 0. The highest BCUT2D eigenvalue weighted by Gasteiger charge is 2.31. The number of halogens is 2. The fourth-order valence-corrected chi connectivity index (χ4v) is 4.49. The van der Waals surface area contributed by atoms with Crippen LogP contribution in [0.3, 0.4) is 0 Å². The highest BCUT2D eigenvalue weighted by molar-refractivity contribution is 6.44. The number of alkyl halides is 2. The maximum atomic E-state index is 6.26. The van der Waals surface area contributed by atoms with Gasteiger partial charge in [0.25, 0.3) is 0 Å². The molecule has 0 spiro atoms. The van der Waals surface area contributed by atoms with Gasteiger partial charge in [-0.25, -0.2) is 0 Å². The van der Waals surface area contributed by atoms with E-state index >= 15 is 0 Å². The molecule has 0 bridgehead atoms. The second-order valence-corrected chi connectivity index (χ2v) is 7.30. The summed E-state index contributed by atoms with van der Waals surface area (Å²) in [5.41, 5.74) is 0. The van der Waals surface area contributed by atoms with Crippen molar-refractivity contribution in [3.8, 4) is 0 Å². The fourth-order valence-electron chi connectivity index (χ4n) is 3.87. The van der Waals surface area contributed by atoms with Gasteiger partial charge in [-0.15, -0.1) is 23.2 Å². The van der Waals surface area contributed by atoms with Gasteiger partial charge in [0.2, 0.25) is 0 Å². The molecule has 1 atom stereocenters. The van der Waals surface area contributed by atoms with Gasteiger partial charge in [0.1, 0.15) is 4.84 Å². The van der Waals surface area contributed by atoms with E-state index in [4.69, 9.17) is 23.2 Å². The summed E-state index contributed by atoms with van der Waals surface area (Å²) in [5.74, 6) is 2.29. The van der Waals surface area contributed by atoms with Crippen LogP contribution in [0.25, 0.3) is 0 Å². The van der Waals surface area contributed by atoms with Gasteiger partial charge in [0.05, 0.1) is 0 Å². The SMILES string of the molecule is ClC(Cl)C(CC1CCCCC1)C1CCCCC1. The fraction of sp³-hybridized carbons (Fsp3) is 1.00. The maximum Gasteiger partial charge on any atom is 0.110 e. The molecule has 0 aromatic heterocycles. The third-order valence-corrected chi connectivity index (χ3v) is 5.56. The molecule has 0 heterocycles. The lowest BCUT2D eigenvalue weighted by Gasteiger charge is -2.34. The number of hydrogen-bond donors (Lipinski definition) is 0. The molecule has 2 fully saturated rings. The lowest BCUT2D eigenvalue weighted by Crippen LogP contribution is -2.26. The van der Waals surface area contributed by atoms with Crippen LogP contribution in [0.4, 0.5) is 0 Å². The van der Waals surface area contributed by atoms with Crippen molar-refractivity contribution in [1.82, 2.24) is 0 Å². The van der Waals surface area contributed by atoms with Crippen LogP contribution in [0.2, 0.25) is 0 Å². The van der Waals surface area contributed by atoms with Crippen molar-refractivity contribution in [3.63, 3.8) is 0 Å². The van der Waals surface area contributed by atoms with E-state index in [1.807, 2.05) is 0 Å². The van der Waals surface area contributed by atoms with Crippen molar-refractivity contribution < 1.29 is 0 Å². The minimum absolute atomic E-state index is 0.139. The molecule has 2 saturated carbocycles. The summed E-state index contributed by atoms with van der Waals surface area (Å²) >= 11 is 12.5. The van der Waals surface area contributed by atoms with Gasteiger partial charge in [-0.05, 0) is 24.2 Å². The largest absolute Gasteiger partial charge is 0.110 e. The zero-order valence-electron chi connectivity index (χ0n) is 10.8. The van der Waals surface area contributed by atoms with Crippen LogP contribution in [0.5, 0.6) is 0 Å². The molecule has 0 aliphatic heterocycles. The molecular formula is C15H26Cl2. The van der Waals surface area contributed by atoms with Gasteiger partial charge in [-0.2, -0.15) is 0 Å². The summed E-state index contributed by atoms with van der Waals surface area (Å²) in [5, 5.41) is 0. The molecule has 0 aromatic carbocycles. The summed E-state index contributed by atoms with van der Waals surface area (Å²) in [6.45, 7) is 0. The number of rotatable bonds is 4. The normalized spacial score (nSPS) is 26.3. The molecule has 2 aliphatic carbocycles. The van der Waals surface area contributed by atoms with Gasteiger partial charge in [0, 0.05) is 0 Å². The highest BCUT2D eigenvalue weighted by Crippen LogP contribution is 2.41. The Bertz CT molecular complexity index is 203. The van der Waals surface area contributed by atoms with Crippen LogP contribution in [0.1, 0.15) is 70.6 Å². The van der Waals surface area contributed by atoms with E-state index in [0.717, 1.165) is 11.8 Å². The van der Waals surface area contributed by atoms with Crippen molar-refractivity contribution >= 4 is 23.2 Å². The van der Waals surface area contributed by atoms with Crippen LogP contribution < -0.4 is 0 Å². The van der Waals surface area contributed by atoms with E-state index in [0.29, 0.717) is 5.92 Å². The van der Waals surface area contributed by atoms with Crippen LogP contribution >= 0.6 is 23.2 Å². The lowest BCUT2D eigenvalue weighted by atomic mass is 9.74. The van der Waals surface area contributed by atoms with E-state index in [-0.39, 0.29) is 4.84 Å². The predicted molar refractivity (Wildman–Crippen MR) is 76.8 cm³/mol. The molecule has 100 valence electrons. The molecule has 2 heteroatoms. The molecule has 0 amide bonds. The smallest absolute Gasteiger partial charge is 0.105 e. The third kappa shape index (κ3) is 4.31. The topological polar surface area (TPSA) is 0 Å². The van der Waals surface area contributed by atoms with Gasteiger partial charge in [0.15, 0.2) is 0 Å². The first-order chi connectivity index (χ1) is 8.27. The molecule has 0 saturated heterocycles. The average Bonchev–Trinajstić information content (AvgIpc) is 2.38. The zero-order chi connectivity index (χ0) is 12.1. The Morgan fingerprint density at radius 2 is 1.29 bits per heavy atom. The lowest BCUT2D eigenvalue weighted by molar-refractivity contribution is 0.199. The second kappa shape index (κ2) is 7.24. The summed E-state index contributed by atoms with van der Waals surface area (Å²) in [4.78, 5) is -0.139. The van der Waals surface area contributed by atoms with E-state index in [1.54, 1.807) is 0 Å². The van der Waals surface area contributed by atoms with Crippen LogP contribution in [0.15, 0.2) is 0 Å². The van der Waals surface area contributed by atoms with Gasteiger partial charge >= 0.3 is 0 Å². The van der Waals surface area contributed by atoms with E-state index in [9.17, 15) is 0 Å². The van der Waals surface area contributed by atoms with Crippen molar-refractivity contribution in [1.29, 1.82) is 0 Å². The van der Waals surface area contributed by atoms with Crippen LogP contribution in [-0.4, -0.2) is 4.84 Å². The molecule has 2 aliphatic rings. The maximum absolute atomic E-state index is 6.26. The molecule has 2 rings (SSSR count). The Hall–Kier alpha value is 0.580. The second-order valence-electron chi connectivity index (χ2n) is 6.14. The standard InChI is InChI=1S/C15H26Cl2/c16-15(17)14(13-9-5-2-6-10-13)11-12-7-3-1-4-8-12/h12-15H,1-11H2. The number of hydrogen-bond acceptors (Lipinski definition) is 0. The minimum atomic E-state index is -0.139. The summed E-state index contributed by atoms with van der Waals surface area (Å²) < 4.78 is 0. The van der Waals surface area contributed by atoms with Crippen LogP contribution in [-0.2, 0) is 0 Å². The Morgan fingerprint density at radius 3 is 1.82 bits per heavy atom. The monoisotopic (exact) mass is 276 g/mol. The molecular weight excluding hydrogens is 251 g/mol. The van der Waals surface area contributed by atoms with Gasteiger partial charge in [-0.1, -0.05) is 64.2 Å². The van der Waals surface area contributed by atoms with Gasteiger partial charge in [-0.3, -0.25) is 0 Å². The first kappa shape index (κ1) is 14.0. The minimum Gasteiger partial charge on any atom is -0.105 e. The molecule has 17 heavy (non-hydrogen) atoms. The Labute approximate surface area is 116 Å². The van der Waals surface area contributed by atoms with Crippen molar-refractivity contribution in [2.75, 3.05) is 0 Å². The van der Waals surface area contributed by atoms with Crippen LogP contribution in [0, 0.1) is 17.8 Å². The Morgan fingerprint density at radius 1 is 0.765 bits per heavy atom. The summed E-state index contributed by atoms with van der Waals surface area (Å²) in [7, 11) is 0. The predicted octanol–water partition coefficient (Wildman–Crippen LogP) is 5.96. The Kier molecular flexibility index (Phi) is 5.96. The van der Waals surface area contributed by atoms with Gasteiger partial charge < -0.3 is 0 Å². The van der Waals surface area contributed by atoms with Crippen molar-refractivity contribution in [2.45, 2.75) is 75.5 Å². The molecule has 0 N–H and O–H groups in total. The molecule has 0 radical (unpaired) electrons.